The molecule has 8 N–H and O–H groups in total. The van der Waals surface area contributed by atoms with Crippen LogP contribution in [0.4, 0.5) is 5.82 Å². The van der Waals surface area contributed by atoms with Crippen molar-refractivity contribution in [1.29, 1.82) is 0 Å². The lowest BCUT2D eigenvalue weighted by Crippen LogP contribution is -2.33. The molecule has 0 spiro atoms. The molecule has 0 radical (unpaired) electrons. The number of fused-ring (bicyclic) bond motifs is 1. The van der Waals surface area contributed by atoms with Gasteiger partial charge in [-0.15, -0.1) is 0 Å². The predicted molar refractivity (Wildman–Crippen MR) is 91.1 cm³/mol. The lowest BCUT2D eigenvalue weighted by Gasteiger charge is -2.17. The number of amides is 2. The zero-order valence-electron chi connectivity index (χ0n) is 14.1. The van der Waals surface area contributed by atoms with E-state index in [1.54, 1.807) is 0 Å². The van der Waals surface area contributed by atoms with E-state index in [-0.39, 0.29) is 35.4 Å². The van der Waals surface area contributed by atoms with Crippen molar-refractivity contribution in [3.63, 3.8) is 0 Å². The first-order chi connectivity index (χ1) is 12.8. The number of nitrogen functional groups attached to an aromatic ring is 1. The summed E-state index contributed by atoms with van der Waals surface area (Å²) in [6.45, 7) is -0.464. The van der Waals surface area contributed by atoms with Crippen LogP contribution in [0.15, 0.2) is 12.5 Å². The van der Waals surface area contributed by atoms with Crippen molar-refractivity contribution in [2.75, 3.05) is 18.9 Å². The van der Waals surface area contributed by atoms with Crippen LogP contribution in [0.1, 0.15) is 23.0 Å². The van der Waals surface area contributed by atoms with Crippen molar-refractivity contribution in [1.82, 2.24) is 19.9 Å². The lowest BCUT2D eigenvalue weighted by atomic mass is 10.1. The standard InChI is InChI=1S/C15H20N6O6/c16-8(23)1-2-18-14(26)6-3-21(13-9(6)12(17)19-5-20-13)15-11(25)10(24)7(4-22)27-15/h3,5,7,10-11,15,22,24-25H,1-2,4H2,(H2,16,23)(H,18,26)(H2,17,19,20)/t7-,10-,11-,15-/m1/s1. The predicted octanol–water partition coefficient (Wildman–Crippen LogP) is -2.77. The molecule has 0 aromatic carbocycles. The molecule has 12 nitrogen and oxygen atoms in total. The second-order valence-electron chi connectivity index (χ2n) is 6.11. The third kappa shape index (κ3) is 3.42. The van der Waals surface area contributed by atoms with Gasteiger partial charge in [-0.25, -0.2) is 9.97 Å². The SMILES string of the molecule is NC(=O)CCNC(=O)c1cn([C@@H]2O[C@H](CO)[C@@H](O)[C@H]2O)c2ncnc(N)c12. The van der Waals surface area contributed by atoms with E-state index in [2.05, 4.69) is 15.3 Å². The summed E-state index contributed by atoms with van der Waals surface area (Å²) in [6, 6.07) is 0. The maximum Gasteiger partial charge on any atom is 0.253 e. The van der Waals surface area contributed by atoms with Gasteiger partial charge >= 0.3 is 0 Å². The summed E-state index contributed by atoms with van der Waals surface area (Å²) in [6.07, 6.45) is -2.26. The van der Waals surface area contributed by atoms with Gasteiger partial charge in [0.15, 0.2) is 6.23 Å². The van der Waals surface area contributed by atoms with Crippen molar-refractivity contribution < 1.29 is 29.6 Å². The summed E-state index contributed by atoms with van der Waals surface area (Å²) in [5.74, 6) is -1.08. The van der Waals surface area contributed by atoms with E-state index in [9.17, 15) is 24.9 Å². The van der Waals surface area contributed by atoms with Gasteiger partial charge in [0, 0.05) is 19.2 Å². The number of nitrogens with two attached hydrogens (primary N) is 2. The summed E-state index contributed by atoms with van der Waals surface area (Å²) in [5, 5.41) is 32.3. The molecular formula is C15H20N6O6. The fraction of sp³-hybridized carbons (Fsp3) is 0.467. The Hall–Kier alpha value is -2.80. The van der Waals surface area contributed by atoms with Crippen molar-refractivity contribution >= 4 is 28.7 Å². The highest BCUT2D eigenvalue weighted by atomic mass is 16.6. The maximum atomic E-state index is 12.5. The number of aromatic nitrogens is 3. The molecule has 1 saturated heterocycles. The quantitative estimate of drug-likeness (QED) is 0.307. The zero-order chi connectivity index (χ0) is 19.7. The molecule has 27 heavy (non-hydrogen) atoms. The lowest BCUT2D eigenvalue weighted by molar-refractivity contribution is -0.117. The molecule has 1 aliphatic rings. The molecule has 1 aliphatic heterocycles. The Morgan fingerprint density at radius 3 is 2.67 bits per heavy atom. The fourth-order valence-corrected chi connectivity index (χ4v) is 2.98. The molecule has 3 heterocycles. The number of ether oxygens (including phenoxy) is 1. The topological polar surface area (TPSA) is 199 Å². The van der Waals surface area contributed by atoms with Crippen molar-refractivity contribution in [3.8, 4) is 0 Å². The Kier molecular flexibility index (Phi) is 5.23. The first-order valence-electron chi connectivity index (χ1n) is 8.15. The molecule has 2 aromatic heterocycles. The monoisotopic (exact) mass is 380 g/mol. The largest absolute Gasteiger partial charge is 0.394 e. The number of aliphatic hydroxyl groups is 3. The van der Waals surface area contributed by atoms with E-state index in [0.717, 1.165) is 0 Å². The van der Waals surface area contributed by atoms with Gasteiger partial charge in [-0.3, -0.25) is 9.59 Å². The number of anilines is 1. The molecule has 146 valence electrons. The highest BCUT2D eigenvalue weighted by Gasteiger charge is 2.44. The molecule has 4 atom stereocenters. The van der Waals surface area contributed by atoms with Crippen LogP contribution in [0.2, 0.25) is 0 Å². The van der Waals surface area contributed by atoms with Crippen LogP contribution in [0.3, 0.4) is 0 Å². The molecule has 3 rings (SSSR count). The highest BCUT2D eigenvalue weighted by molar-refractivity contribution is 6.09. The van der Waals surface area contributed by atoms with E-state index < -0.39 is 43.0 Å². The van der Waals surface area contributed by atoms with Gasteiger partial charge in [-0.05, 0) is 0 Å². The molecule has 0 saturated carbocycles. The number of nitrogens with one attached hydrogen (secondary N) is 1. The van der Waals surface area contributed by atoms with Gasteiger partial charge in [-0.1, -0.05) is 0 Å². The van der Waals surface area contributed by atoms with Gasteiger partial charge in [0.1, 0.15) is 36.1 Å². The van der Waals surface area contributed by atoms with Gasteiger partial charge in [0.05, 0.1) is 17.6 Å². The number of carbonyl (C=O) groups is 2. The summed E-state index contributed by atoms with van der Waals surface area (Å²) in [5.41, 5.74) is 11.2. The minimum Gasteiger partial charge on any atom is -0.394 e. The summed E-state index contributed by atoms with van der Waals surface area (Å²) in [7, 11) is 0. The van der Waals surface area contributed by atoms with Crippen LogP contribution in [0, 0.1) is 0 Å². The summed E-state index contributed by atoms with van der Waals surface area (Å²) < 4.78 is 6.84. The first-order valence-corrected chi connectivity index (χ1v) is 8.15. The van der Waals surface area contributed by atoms with Gasteiger partial charge in [0.25, 0.3) is 5.91 Å². The smallest absolute Gasteiger partial charge is 0.253 e. The number of aliphatic hydroxyl groups excluding tert-OH is 3. The van der Waals surface area contributed by atoms with Crippen LogP contribution < -0.4 is 16.8 Å². The van der Waals surface area contributed by atoms with Crippen LogP contribution in [0.5, 0.6) is 0 Å². The normalized spacial score (nSPS) is 25.0. The zero-order valence-corrected chi connectivity index (χ0v) is 14.1. The van der Waals surface area contributed by atoms with Gasteiger partial charge < -0.3 is 41.4 Å². The average molecular weight is 380 g/mol. The molecule has 2 amide bonds. The van der Waals surface area contributed by atoms with E-state index >= 15 is 0 Å². The molecule has 12 heteroatoms. The van der Waals surface area contributed by atoms with E-state index in [0.29, 0.717) is 0 Å². The van der Waals surface area contributed by atoms with Crippen LogP contribution >= 0.6 is 0 Å². The Labute approximate surface area is 152 Å². The number of hydrogen-bond acceptors (Lipinski definition) is 9. The van der Waals surface area contributed by atoms with E-state index in [1.165, 1.54) is 17.1 Å². The maximum absolute atomic E-state index is 12.5. The van der Waals surface area contributed by atoms with E-state index in [4.69, 9.17) is 16.2 Å². The first kappa shape index (κ1) is 19.0. The molecule has 0 aliphatic carbocycles. The molecule has 1 fully saturated rings. The third-order valence-electron chi connectivity index (χ3n) is 4.33. The number of nitrogens with zero attached hydrogens (tertiary/aromatic N) is 3. The summed E-state index contributed by atoms with van der Waals surface area (Å²) in [4.78, 5) is 31.3. The average Bonchev–Trinajstić information content (AvgIpc) is 3.14. The van der Waals surface area contributed by atoms with Crippen molar-refractivity contribution in [2.45, 2.75) is 31.0 Å². The van der Waals surface area contributed by atoms with Crippen LogP contribution in [-0.4, -0.2) is 73.1 Å². The van der Waals surface area contributed by atoms with Gasteiger partial charge in [-0.2, -0.15) is 0 Å². The minimum absolute atomic E-state index is 0.0300. The molecule has 2 aromatic rings. The minimum atomic E-state index is -1.36. The van der Waals surface area contributed by atoms with Crippen LogP contribution in [-0.2, 0) is 9.53 Å². The third-order valence-corrected chi connectivity index (χ3v) is 4.33. The van der Waals surface area contributed by atoms with E-state index in [1.807, 2.05) is 0 Å². The Morgan fingerprint density at radius 2 is 2.04 bits per heavy atom. The molecular weight excluding hydrogens is 360 g/mol. The summed E-state index contributed by atoms with van der Waals surface area (Å²) >= 11 is 0. The van der Waals surface area contributed by atoms with Gasteiger partial charge in [0.2, 0.25) is 5.91 Å². The van der Waals surface area contributed by atoms with Crippen molar-refractivity contribution in [2.24, 2.45) is 5.73 Å². The second-order valence-corrected chi connectivity index (χ2v) is 6.11. The number of rotatable bonds is 6. The number of primary amides is 1. The second kappa shape index (κ2) is 7.44. The Morgan fingerprint density at radius 1 is 1.30 bits per heavy atom. The number of carbonyl (C=O) groups excluding carboxylic acids is 2. The number of hydrogen-bond donors (Lipinski definition) is 6. The Balaban J connectivity index is 1.99. The van der Waals surface area contributed by atoms with Crippen molar-refractivity contribution in [3.05, 3.63) is 18.1 Å². The van der Waals surface area contributed by atoms with Crippen LogP contribution in [0.25, 0.3) is 11.0 Å². The molecule has 0 unspecified atom stereocenters. The Bertz CT molecular complexity index is 870. The molecule has 0 bridgehead atoms. The fourth-order valence-electron chi connectivity index (χ4n) is 2.98. The highest BCUT2D eigenvalue weighted by Crippen LogP contribution is 2.34.